The molecule has 0 bridgehead atoms. The highest BCUT2D eigenvalue weighted by Gasteiger charge is 2.23. The van der Waals surface area contributed by atoms with Gasteiger partial charge in [-0.1, -0.05) is 6.92 Å². The molecule has 0 aromatic heterocycles. The summed E-state index contributed by atoms with van der Waals surface area (Å²) >= 11 is 0. The predicted molar refractivity (Wildman–Crippen MR) is 59.3 cm³/mol. The predicted octanol–water partition coefficient (Wildman–Crippen LogP) is 0.361. The van der Waals surface area contributed by atoms with Gasteiger partial charge in [0.2, 0.25) is 0 Å². The Morgan fingerprint density at radius 1 is 1.14 bits per heavy atom. The Bertz CT molecular complexity index is 179. The lowest BCUT2D eigenvalue weighted by atomic mass is 9.95. The maximum atomic E-state index is 6.00. The van der Waals surface area contributed by atoms with Gasteiger partial charge >= 0.3 is 0 Å². The van der Waals surface area contributed by atoms with Gasteiger partial charge in [-0.2, -0.15) is 0 Å². The number of piperidine rings is 1. The summed E-state index contributed by atoms with van der Waals surface area (Å²) in [4.78, 5) is 5.12. The number of hydrogen-bond acceptors (Lipinski definition) is 3. The largest absolute Gasteiger partial charge is 0.327 e. The van der Waals surface area contributed by atoms with E-state index in [1.807, 2.05) is 0 Å². The molecule has 0 aromatic carbocycles. The first-order valence-electron chi connectivity index (χ1n) is 5.96. The second-order valence-corrected chi connectivity index (χ2v) is 4.93. The number of likely N-dealkylation sites (tertiary alicyclic amines) is 2. The van der Waals surface area contributed by atoms with Crippen LogP contribution >= 0.6 is 0 Å². The molecule has 0 saturated carbocycles. The monoisotopic (exact) mass is 197 g/mol. The third kappa shape index (κ3) is 2.47. The van der Waals surface area contributed by atoms with Gasteiger partial charge in [0.05, 0.1) is 0 Å². The van der Waals surface area contributed by atoms with Crippen LogP contribution in [0.5, 0.6) is 0 Å². The van der Waals surface area contributed by atoms with Gasteiger partial charge in [0.1, 0.15) is 0 Å². The van der Waals surface area contributed by atoms with Crippen LogP contribution in [-0.4, -0.2) is 55.1 Å². The molecule has 82 valence electrons. The number of hydrogen-bond donors (Lipinski definition) is 1. The van der Waals surface area contributed by atoms with E-state index in [9.17, 15) is 0 Å². The molecule has 2 unspecified atom stereocenters. The van der Waals surface area contributed by atoms with E-state index in [1.165, 1.54) is 52.1 Å². The van der Waals surface area contributed by atoms with Gasteiger partial charge in [-0.3, -0.25) is 0 Å². The van der Waals surface area contributed by atoms with Crippen molar-refractivity contribution in [3.63, 3.8) is 0 Å². The molecule has 3 heteroatoms. The van der Waals surface area contributed by atoms with Crippen LogP contribution in [0.25, 0.3) is 0 Å². The van der Waals surface area contributed by atoms with E-state index in [0.29, 0.717) is 12.0 Å². The number of rotatable bonds is 3. The Kier molecular flexibility index (Phi) is 3.42. The second kappa shape index (κ2) is 4.60. The van der Waals surface area contributed by atoms with Gasteiger partial charge in [-0.05, 0) is 38.4 Å². The topological polar surface area (TPSA) is 32.5 Å². The fourth-order valence-corrected chi connectivity index (χ4v) is 2.34. The molecule has 2 N–H and O–H groups in total. The minimum absolute atomic E-state index is 0.440. The average molecular weight is 197 g/mol. The molecule has 3 nitrogen and oxygen atoms in total. The van der Waals surface area contributed by atoms with Crippen molar-refractivity contribution in [1.29, 1.82) is 0 Å². The summed E-state index contributed by atoms with van der Waals surface area (Å²) in [5.74, 6) is 0.681. The van der Waals surface area contributed by atoms with E-state index in [4.69, 9.17) is 5.73 Å². The van der Waals surface area contributed by atoms with E-state index in [0.717, 1.165) is 0 Å². The lowest BCUT2D eigenvalue weighted by Crippen LogP contribution is -2.49. The Balaban J connectivity index is 1.65. The molecule has 0 aromatic rings. The molecule has 14 heavy (non-hydrogen) atoms. The van der Waals surface area contributed by atoms with Crippen molar-refractivity contribution in [2.75, 3.05) is 39.3 Å². The third-order valence-electron chi connectivity index (χ3n) is 3.74. The highest BCUT2D eigenvalue weighted by atomic mass is 15.2. The van der Waals surface area contributed by atoms with Gasteiger partial charge in [0, 0.05) is 25.7 Å². The van der Waals surface area contributed by atoms with Crippen molar-refractivity contribution in [3.05, 3.63) is 0 Å². The average Bonchev–Trinajstić information content (AvgIpc) is 2.08. The summed E-state index contributed by atoms with van der Waals surface area (Å²) in [6.07, 6.45) is 2.59. The molecule has 2 heterocycles. The third-order valence-corrected chi connectivity index (χ3v) is 3.74. The van der Waals surface area contributed by atoms with E-state index in [-0.39, 0.29) is 0 Å². The normalized spacial score (nSPS) is 35.6. The SMILES string of the molecule is CC1CN(CCN2CCC2)CCC1N. The molecular formula is C11H23N3. The lowest BCUT2D eigenvalue weighted by molar-refractivity contribution is 0.116. The van der Waals surface area contributed by atoms with Crippen LogP contribution in [0.1, 0.15) is 19.8 Å². The highest BCUT2D eigenvalue weighted by Crippen LogP contribution is 2.15. The first kappa shape index (κ1) is 10.4. The number of nitrogens with two attached hydrogens (primary N) is 1. The zero-order valence-corrected chi connectivity index (χ0v) is 9.28. The quantitative estimate of drug-likeness (QED) is 0.709. The van der Waals surface area contributed by atoms with Gasteiger partial charge < -0.3 is 15.5 Å². The first-order valence-corrected chi connectivity index (χ1v) is 5.96. The van der Waals surface area contributed by atoms with Crippen LogP contribution in [0.15, 0.2) is 0 Å². The van der Waals surface area contributed by atoms with Crippen molar-refractivity contribution in [2.45, 2.75) is 25.8 Å². The van der Waals surface area contributed by atoms with Crippen molar-refractivity contribution >= 4 is 0 Å². The van der Waals surface area contributed by atoms with Crippen LogP contribution in [0, 0.1) is 5.92 Å². The lowest BCUT2D eigenvalue weighted by Gasteiger charge is -2.38. The van der Waals surface area contributed by atoms with Crippen molar-refractivity contribution in [1.82, 2.24) is 9.80 Å². The minimum Gasteiger partial charge on any atom is -0.327 e. The zero-order valence-electron chi connectivity index (χ0n) is 9.28. The fourth-order valence-electron chi connectivity index (χ4n) is 2.34. The zero-order chi connectivity index (χ0) is 9.97. The molecule has 0 amide bonds. The summed E-state index contributed by atoms with van der Waals surface area (Å²) in [6.45, 7) is 9.85. The maximum Gasteiger partial charge on any atom is 0.0109 e. The van der Waals surface area contributed by atoms with Crippen LogP contribution in [-0.2, 0) is 0 Å². The summed E-state index contributed by atoms with van der Waals surface area (Å²) in [5, 5.41) is 0. The molecule has 0 aliphatic carbocycles. The summed E-state index contributed by atoms with van der Waals surface area (Å²) in [5.41, 5.74) is 6.00. The first-order chi connectivity index (χ1) is 6.75. The Labute approximate surface area is 87.2 Å². The Morgan fingerprint density at radius 3 is 2.43 bits per heavy atom. The van der Waals surface area contributed by atoms with Crippen LogP contribution < -0.4 is 5.73 Å². The molecule has 2 aliphatic rings. The molecule has 2 fully saturated rings. The van der Waals surface area contributed by atoms with E-state index in [2.05, 4.69) is 16.7 Å². The fraction of sp³-hybridized carbons (Fsp3) is 1.00. The van der Waals surface area contributed by atoms with Crippen LogP contribution in [0.4, 0.5) is 0 Å². The van der Waals surface area contributed by atoms with E-state index >= 15 is 0 Å². The summed E-state index contributed by atoms with van der Waals surface area (Å²) < 4.78 is 0. The number of nitrogens with zero attached hydrogens (tertiary/aromatic N) is 2. The summed E-state index contributed by atoms with van der Waals surface area (Å²) in [7, 11) is 0. The molecule has 2 atom stereocenters. The highest BCUT2D eigenvalue weighted by molar-refractivity contribution is 4.81. The molecule has 2 rings (SSSR count). The second-order valence-electron chi connectivity index (χ2n) is 4.93. The van der Waals surface area contributed by atoms with Gasteiger partial charge in [0.15, 0.2) is 0 Å². The van der Waals surface area contributed by atoms with E-state index in [1.54, 1.807) is 0 Å². The molecule has 2 saturated heterocycles. The van der Waals surface area contributed by atoms with Gasteiger partial charge in [0.25, 0.3) is 0 Å². The Hall–Kier alpha value is -0.120. The Morgan fingerprint density at radius 2 is 1.86 bits per heavy atom. The molecule has 0 radical (unpaired) electrons. The molecular weight excluding hydrogens is 174 g/mol. The maximum absolute atomic E-state index is 6.00. The smallest absolute Gasteiger partial charge is 0.0109 e. The molecule has 0 spiro atoms. The van der Waals surface area contributed by atoms with Crippen LogP contribution in [0.3, 0.4) is 0 Å². The van der Waals surface area contributed by atoms with Crippen molar-refractivity contribution in [3.8, 4) is 0 Å². The van der Waals surface area contributed by atoms with E-state index < -0.39 is 0 Å². The minimum atomic E-state index is 0.440. The van der Waals surface area contributed by atoms with Gasteiger partial charge in [-0.15, -0.1) is 0 Å². The van der Waals surface area contributed by atoms with Crippen molar-refractivity contribution in [2.24, 2.45) is 11.7 Å². The van der Waals surface area contributed by atoms with Crippen LogP contribution in [0.2, 0.25) is 0 Å². The summed E-state index contributed by atoms with van der Waals surface area (Å²) in [6, 6.07) is 0.440. The standard InChI is InChI=1S/C11H23N3/c1-10-9-14(6-3-11(10)12)8-7-13-4-2-5-13/h10-11H,2-9,12H2,1H3. The molecule has 2 aliphatic heterocycles. The van der Waals surface area contributed by atoms with Crippen molar-refractivity contribution < 1.29 is 0 Å². The van der Waals surface area contributed by atoms with Gasteiger partial charge in [-0.25, -0.2) is 0 Å².